The Labute approximate surface area is 279 Å². The molecule has 1 aliphatic carbocycles. The number of amides is 2. The van der Waals surface area contributed by atoms with E-state index in [-0.39, 0.29) is 41.8 Å². The fourth-order valence-electron chi connectivity index (χ4n) is 6.04. The lowest BCUT2D eigenvalue weighted by Crippen LogP contribution is -2.57. The first-order valence-corrected chi connectivity index (χ1v) is 17.1. The summed E-state index contributed by atoms with van der Waals surface area (Å²) in [6.07, 6.45) is 5.47. The number of benzene rings is 1. The Morgan fingerprint density at radius 1 is 1.07 bits per heavy atom. The first kappa shape index (κ1) is 35.3. The summed E-state index contributed by atoms with van der Waals surface area (Å²) >= 11 is 6.01. The van der Waals surface area contributed by atoms with Gasteiger partial charge in [0.1, 0.15) is 17.5 Å². The average Bonchev–Trinajstić information content (AvgIpc) is 3.84. The molecule has 3 heterocycles. The highest BCUT2D eigenvalue weighted by atomic mass is 35.5. The standard InChI is InChI=1S/C35H43ClFN5O2.C2H6/c1-7-24-11-12-31(38-16-24)42(14-13-25-9-8-10-30(36)32(25)37)35(44)29-17-39-33(23(6)22(29)5)40-26-18-41(19-26)34(43)28-15-27(28)21(4)20(2)3;1-2/h8-12,16-17,20-21,26-28H,7,13-15,18-19H2,1-6H3,(H,39,40);1-2H3. The first-order chi connectivity index (χ1) is 22.0. The zero-order valence-corrected chi connectivity index (χ0v) is 29.3. The van der Waals surface area contributed by atoms with E-state index in [0.29, 0.717) is 53.6 Å². The summed E-state index contributed by atoms with van der Waals surface area (Å²) in [5, 5.41) is 3.54. The van der Waals surface area contributed by atoms with Crippen LogP contribution in [-0.2, 0) is 17.6 Å². The van der Waals surface area contributed by atoms with Crippen molar-refractivity contribution in [3.05, 3.63) is 81.4 Å². The number of hydrogen-bond donors (Lipinski definition) is 1. The Hall–Kier alpha value is -3.52. The summed E-state index contributed by atoms with van der Waals surface area (Å²) in [7, 11) is 0. The lowest BCUT2D eigenvalue weighted by atomic mass is 9.91. The highest BCUT2D eigenvalue weighted by molar-refractivity contribution is 6.30. The molecule has 3 unspecified atom stereocenters. The predicted molar refractivity (Wildman–Crippen MR) is 185 cm³/mol. The molecule has 3 atom stereocenters. The van der Waals surface area contributed by atoms with Gasteiger partial charge < -0.3 is 10.2 Å². The molecule has 1 saturated heterocycles. The normalized spacial score (nSPS) is 17.9. The summed E-state index contributed by atoms with van der Waals surface area (Å²) < 4.78 is 14.7. The minimum atomic E-state index is -0.474. The van der Waals surface area contributed by atoms with Gasteiger partial charge in [0.05, 0.1) is 16.6 Å². The van der Waals surface area contributed by atoms with Crippen molar-refractivity contribution in [2.45, 2.75) is 80.7 Å². The maximum Gasteiger partial charge on any atom is 0.261 e. The van der Waals surface area contributed by atoms with Gasteiger partial charge in [-0.25, -0.2) is 14.4 Å². The van der Waals surface area contributed by atoms with Crippen LogP contribution >= 0.6 is 11.6 Å². The van der Waals surface area contributed by atoms with E-state index < -0.39 is 5.82 Å². The van der Waals surface area contributed by atoms with E-state index in [2.05, 4.69) is 36.1 Å². The van der Waals surface area contributed by atoms with Crippen LogP contribution in [0, 0.1) is 43.3 Å². The van der Waals surface area contributed by atoms with Crippen LogP contribution in [0.3, 0.4) is 0 Å². The highest BCUT2D eigenvalue weighted by Crippen LogP contribution is 2.48. The van der Waals surface area contributed by atoms with E-state index >= 15 is 0 Å². The third-order valence-electron chi connectivity index (χ3n) is 9.67. The molecule has 2 aliphatic rings. The number of hydrogen-bond acceptors (Lipinski definition) is 5. The van der Waals surface area contributed by atoms with Gasteiger partial charge in [-0.3, -0.25) is 14.5 Å². The summed E-state index contributed by atoms with van der Waals surface area (Å²) in [6, 6.07) is 8.80. The van der Waals surface area contributed by atoms with E-state index in [0.717, 1.165) is 29.5 Å². The minimum absolute atomic E-state index is 0.0565. The molecule has 1 saturated carbocycles. The number of nitrogens with zero attached hydrogens (tertiary/aromatic N) is 4. The smallest absolute Gasteiger partial charge is 0.261 e. The fourth-order valence-corrected chi connectivity index (χ4v) is 6.23. The largest absolute Gasteiger partial charge is 0.364 e. The molecule has 5 rings (SSSR count). The number of likely N-dealkylation sites (tertiary alicyclic amines) is 1. The van der Waals surface area contributed by atoms with Gasteiger partial charge in [0.15, 0.2) is 0 Å². The number of pyridine rings is 2. The molecule has 0 spiro atoms. The van der Waals surface area contributed by atoms with Gasteiger partial charge in [0.2, 0.25) is 5.91 Å². The number of anilines is 2. The molecular weight excluding hydrogens is 601 g/mol. The van der Waals surface area contributed by atoms with E-state index in [1.807, 2.05) is 51.7 Å². The number of carbonyl (C=O) groups is 2. The molecule has 2 amide bonds. The second kappa shape index (κ2) is 15.4. The van der Waals surface area contributed by atoms with Crippen LogP contribution in [0.4, 0.5) is 16.0 Å². The molecule has 0 radical (unpaired) electrons. The van der Waals surface area contributed by atoms with Crippen LogP contribution < -0.4 is 10.2 Å². The van der Waals surface area contributed by atoms with E-state index in [1.54, 1.807) is 29.4 Å². The SMILES string of the molecule is CC.CCc1ccc(N(CCc2cccc(Cl)c2F)C(=O)c2cnc(NC3CN(C(=O)C4CC4C(C)C(C)C)C3)c(C)c2C)nc1. The maximum absolute atomic E-state index is 14.7. The number of aromatic nitrogens is 2. The fraction of sp³-hybridized carbons (Fsp3) is 0.514. The third-order valence-corrected chi connectivity index (χ3v) is 9.96. The topological polar surface area (TPSA) is 78.4 Å². The quantitative estimate of drug-likeness (QED) is 0.228. The zero-order chi connectivity index (χ0) is 33.7. The highest BCUT2D eigenvalue weighted by Gasteiger charge is 2.50. The Morgan fingerprint density at radius 3 is 2.41 bits per heavy atom. The molecule has 1 N–H and O–H groups in total. The Kier molecular flexibility index (Phi) is 11.8. The van der Waals surface area contributed by atoms with Gasteiger partial charge in [0, 0.05) is 37.9 Å². The molecule has 2 fully saturated rings. The summed E-state index contributed by atoms with van der Waals surface area (Å²) in [4.78, 5) is 39.7. The monoisotopic (exact) mass is 649 g/mol. The molecule has 1 aliphatic heterocycles. The van der Waals surface area contributed by atoms with Crippen molar-refractivity contribution in [3.63, 3.8) is 0 Å². The summed E-state index contributed by atoms with van der Waals surface area (Å²) in [6.45, 7) is 18.2. The number of aryl methyl sites for hydroxylation is 1. The molecular formula is C37H49ClFN5O2. The first-order valence-electron chi connectivity index (χ1n) is 16.7. The van der Waals surface area contributed by atoms with Crippen LogP contribution in [0.2, 0.25) is 5.02 Å². The van der Waals surface area contributed by atoms with Crippen molar-refractivity contribution in [2.24, 2.45) is 23.7 Å². The lowest BCUT2D eigenvalue weighted by molar-refractivity contribution is -0.137. The molecule has 248 valence electrons. The van der Waals surface area contributed by atoms with Gasteiger partial charge in [0.25, 0.3) is 5.91 Å². The van der Waals surface area contributed by atoms with Gasteiger partial charge in [-0.05, 0) is 85.3 Å². The molecule has 3 aromatic rings. The minimum Gasteiger partial charge on any atom is -0.364 e. The molecule has 2 aromatic heterocycles. The molecule has 1 aromatic carbocycles. The number of nitrogens with one attached hydrogen (secondary N) is 1. The molecule has 7 nitrogen and oxygen atoms in total. The van der Waals surface area contributed by atoms with Crippen molar-refractivity contribution in [1.82, 2.24) is 14.9 Å². The van der Waals surface area contributed by atoms with Crippen LogP contribution in [0.5, 0.6) is 0 Å². The van der Waals surface area contributed by atoms with Crippen LogP contribution in [0.25, 0.3) is 0 Å². The molecule has 0 bridgehead atoms. The molecule has 9 heteroatoms. The second-order valence-electron chi connectivity index (χ2n) is 12.8. The summed E-state index contributed by atoms with van der Waals surface area (Å²) in [5.74, 6) is 2.60. The Morgan fingerprint density at radius 2 is 1.78 bits per heavy atom. The van der Waals surface area contributed by atoms with Gasteiger partial charge in [-0.15, -0.1) is 0 Å². The predicted octanol–water partition coefficient (Wildman–Crippen LogP) is 7.91. The van der Waals surface area contributed by atoms with E-state index in [4.69, 9.17) is 11.6 Å². The van der Waals surface area contributed by atoms with Crippen LogP contribution in [-0.4, -0.2) is 52.4 Å². The number of halogens is 2. The Balaban J connectivity index is 0.00000235. The van der Waals surface area contributed by atoms with Crippen molar-refractivity contribution >= 4 is 35.1 Å². The van der Waals surface area contributed by atoms with E-state index in [1.165, 1.54) is 6.07 Å². The number of carbonyl (C=O) groups excluding carboxylic acids is 2. The average molecular weight is 650 g/mol. The third kappa shape index (κ3) is 7.71. The summed E-state index contributed by atoms with van der Waals surface area (Å²) in [5.41, 5.74) is 3.65. The number of rotatable bonds is 11. The maximum atomic E-state index is 14.7. The van der Waals surface area contributed by atoms with Crippen molar-refractivity contribution < 1.29 is 14.0 Å². The van der Waals surface area contributed by atoms with Gasteiger partial charge in [-0.2, -0.15) is 0 Å². The van der Waals surface area contributed by atoms with Crippen molar-refractivity contribution in [3.8, 4) is 0 Å². The van der Waals surface area contributed by atoms with Crippen molar-refractivity contribution in [1.29, 1.82) is 0 Å². The van der Waals surface area contributed by atoms with Crippen LogP contribution in [0.15, 0.2) is 42.7 Å². The lowest BCUT2D eigenvalue weighted by Gasteiger charge is -2.40. The second-order valence-corrected chi connectivity index (χ2v) is 13.2. The Bertz CT molecular complexity index is 1520. The van der Waals surface area contributed by atoms with Crippen molar-refractivity contribution in [2.75, 3.05) is 29.9 Å². The van der Waals surface area contributed by atoms with Crippen LogP contribution in [0.1, 0.15) is 80.6 Å². The zero-order valence-electron chi connectivity index (χ0n) is 28.5. The van der Waals surface area contributed by atoms with Gasteiger partial charge in [-0.1, -0.05) is 71.3 Å². The molecule has 46 heavy (non-hydrogen) atoms. The van der Waals surface area contributed by atoms with Gasteiger partial charge >= 0.3 is 0 Å². The van der Waals surface area contributed by atoms with E-state index in [9.17, 15) is 14.0 Å².